The first-order valence-corrected chi connectivity index (χ1v) is 6.53. The summed E-state index contributed by atoms with van der Waals surface area (Å²) in [5.74, 6) is -2.02. The quantitative estimate of drug-likeness (QED) is 0.687. The number of alkyl halides is 3. The molecule has 6 nitrogen and oxygen atoms in total. The van der Waals surface area contributed by atoms with Gasteiger partial charge in [-0.3, -0.25) is 4.79 Å². The lowest BCUT2D eigenvalue weighted by atomic mass is 10.1. The van der Waals surface area contributed by atoms with E-state index in [1.807, 2.05) is 0 Å². The van der Waals surface area contributed by atoms with E-state index in [2.05, 4.69) is 15.0 Å². The molecule has 0 unspecified atom stereocenters. The fourth-order valence-corrected chi connectivity index (χ4v) is 2.15. The number of halogens is 4. The van der Waals surface area contributed by atoms with Crippen molar-refractivity contribution in [3.63, 3.8) is 0 Å². The van der Waals surface area contributed by atoms with E-state index in [4.69, 9.17) is 5.73 Å². The second-order valence-corrected chi connectivity index (χ2v) is 5.00. The maximum Gasteiger partial charge on any atom is 0.421 e. The topological polar surface area (TPSA) is 86.7 Å². The Balaban J connectivity index is 2.20. The first kappa shape index (κ1) is 15.8. The Morgan fingerprint density at radius 1 is 1.21 bits per heavy atom. The minimum absolute atomic E-state index is 0.0288. The number of nitrogens with zero attached hydrogens (tertiary/aromatic N) is 4. The molecule has 0 aliphatic rings. The van der Waals surface area contributed by atoms with Crippen LogP contribution < -0.4 is 11.3 Å². The van der Waals surface area contributed by atoms with Gasteiger partial charge in [-0.25, -0.2) is 19.3 Å². The Bertz CT molecular complexity index is 1010. The summed E-state index contributed by atoms with van der Waals surface area (Å²) < 4.78 is 53.5. The zero-order valence-corrected chi connectivity index (χ0v) is 12.1. The van der Waals surface area contributed by atoms with Gasteiger partial charge in [0.1, 0.15) is 17.2 Å². The molecule has 1 aromatic carbocycles. The van der Waals surface area contributed by atoms with Crippen LogP contribution >= 0.6 is 0 Å². The highest BCUT2D eigenvalue weighted by molar-refractivity contribution is 5.82. The molecule has 0 spiro atoms. The molecule has 10 heteroatoms. The normalized spacial score (nSPS) is 11.9. The lowest BCUT2D eigenvalue weighted by Gasteiger charge is -2.10. The van der Waals surface area contributed by atoms with Gasteiger partial charge in [0.25, 0.3) is 5.56 Å². The van der Waals surface area contributed by atoms with Crippen molar-refractivity contribution in [2.75, 3.05) is 5.73 Å². The average molecular weight is 339 g/mol. The molecule has 0 saturated heterocycles. The number of nitrogens with two attached hydrogens (primary N) is 1. The van der Waals surface area contributed by atoms with Crippen molar-refractivity contribution in [3.05, 3.63) is 46.4 Å². The molecule has 0 amide bonds. The fourth-order valence-electron chi connectivity index (χ4n) is 2.15. The van der Waals surface area contributed by atoms with Crippen LogP contribution in [0.5, 0.6) is 0 Å². The van der Waals surface area contributed by atoms with Gasteiger partial charge < -0.3 is 10.3 Å². The minimum Gasteiger partial charge on any atom is -0.383 e. The molecular formula is C14H9F4N5O. The molecule has 0 fully saturated rings. The van der Waals surface area contributed by atoms with E-state index in [0.29, 0.717) is 6.20 Å². The van der Waals surface area contributed by atoms with Crippen molar-refractivity contribution in [2.24, 2.45) is 7.05 Å². The standard InChI is InChI=1S/C14H9F4N5O/c1-23-5-21-10-3-6(9(15)2-7(10)13(23)24)12-20-4-8(11(19)22-12)14(16,17)18/h2-5H,1H3,(H2,19,20,22). The van der Waals surface area contributed by atoms with E-state index in [0.717, 1.165) is 6.07 Å². The highest BCUT2D eigenvalue weighted by atomic mass is 19.4. The molecule has 0 saturated carbocycles. The monoisotopic (exact) mass is 339 g/mol. The van der Waals surface area contributed by atoms with Crippen molar-refractivity contribution in [2.45, 2.75) is 6.18 Å². The number of fused-ring (bicyclic) bond motifs is 1. The molecule has 0 aliphatic heterocycles. The third-order valence-corrected chi connectivity index (χ3v) is 3.37. The Hall–Kier alpha value is -3.04. The van der Waals surface area contributed by atoms with Gasteiger partial charge in [-0.1, -0.05) is 0 Å². The smallest absolute Gasteiger partial charge is 0.383 e. The molecule has 3 rings (SSSR count). The Morgan fingerprint density at radius 2 is 1.92 bits per heavy atom. The van der Waals surface area contributed by atoms with Crippen LogP contribution in [0.1, 0.15) is 5.56 Å². The molecule has 0 bridgehead atoms. The van der Waals surface area contributed by atoms with Crippen molar-refractivity contribution in [1.82, 2.24) is 19.5 Å². The lowest BCUT2D eigenvalue weighted by molar-refractivity contribution is -0.137. The van der Waals surface area contributed by atoms with Crippen LogP contribution in [0.15, 0.2) is 29.5 Å². The Kier molecular flexibility index (Phi) is 3.47. The fraction of sp³-hybridized carbons (Fsp3) is 0.143. The molecule has 24 heavy (non-hydrogen) atoms. The summed E-state index contributed by atoms with van der Waals surface area (Å²) in [5, 5.41) is 0.0288. The number of aromatic nitrogens is 4. The van der Waals surface area contributed by atoms with Gasteiger partial charge in [-0.2, -0.15) is 13.2 Å². The summed E-state index contributed by atoms with van der Waals surface area (Å²) in [5.41, 5.74) is 3.58. The van der Waals surface area contributed by atoms with Gasteiger partial charge in [0.2, 0.25) is 0 Å². The van der Waals surface area contributed by atoms with Crippen LogP contribution in [0.3, 0.4) is 0 Å². The predicted octanol–water partition coefficient (Wildman–Crippen LogP) is 2.13. The van der Waals surface area contributed by atoms with Crippen LogP contribution in [0.2, 0.25) is 0 Å². The predicted molar refractivity (Wildman–Crippen MR) is 77.4 cm³/mol. The third-order valence-electron chi connectivity index (χ3n) is 3.37. The summed E-state index contributed by atoms with van der Waals surface area (Å²) in [6.07, 6.45) is -2.98. The van der Waals surface area contributed by atoms with Crippen molar-refractivity contribution >= 4 is 16.7 Å². The van der Waals surface area contributed by atoms with Crippen molar-refractivity contribution in [1.29, 1.82) is 0 Å². The van der Waals surface area contributed by atoms with Crippen LogP contribution in [0.25, 0.3) is 22.3 Å². The van der Waals surface area contributed by atoms with Gasteiger partial charge in [-0.15, -0.1) is 0 Å². The zero-order chi connectivity index (χ0) is 17.6. The van der Waals surface area contributed by atoms with Gasteiger partial charge in [0.15, 0.2) is 5.82 Å². The van der Waals surface area contributed by atoms with E-state index in [1.54, 1.807) is 0 Å². The second kappa shape index (κ2) is 5.25. The Labute approximate surface area is 131 Å². The molecule has 2 heterocycles. The highest BCUT2D eigenvalue weighted by Crippen LogP contribution is 2.33. The maximum absolute atomic E-state index is 14.3. The third kappa shape index (κ3) is 2.55. The summed E-state index contributed by atoms with van der Waals surface area (Å²) in [6.45, 7) is 0. The number of benzene rings is 1. The molecule has 0 atom stereocenters. The molecule has 2 N–H and O–H groups in total. The second-order valence-electron chi connectivity index (χ2n) is 5.00. The van der Waals surface area contributed by atoms with Crippen molar-refractivity contribution in [3.8, 4) is 11.4 Å². The van der Waals surface area contributed by atoms with E-state index in [9.17, 15) is 22.4 Å². The molecule has 2 aromatic heterocycles. The lowest BCUT2D eigenvalue weighted by Crippen LogP contribution is -2.17. The molecular weight excluding hydrogens is 330 g/mol. The van der Waals surface area contributed by atoms with Crippen LogP contribution in [0, 0.1) is 5.82 Å². The number of nitrogen functional groups attached to an aromatic ring is 1. The van der Waals surface area contributed by atoms with E-state index in [-0.39, 0.29) is 22.3 Å². The zero-order valence-electron chi connectivity index (χ0n) is 12.1. The highest BCUT2D eigenvalue weighted by Gasteiger charge is 2.34. The number of anilines is 1. The average Bonchev–Trinajstić information content (AvgIpc) is 2.50. The van der Waals surface area contributed by atoms with E-state index >= 15 is 0 Å². The first-order valence-electron chi connectivity index (χ1n) is 6.53. The van der Waals surface area contributed by atoms with E-state index in [1.165, 1.54) is 24.0 Å². The number of hydrogen-bond donors (Lipinski definition) is 1. The van der Waals surface area contributed by atoms with Crippen LogP contribution in [0.4, 0.5) is 23.4 Å². The number of aryl methyl sites for hydroxylation is 1. The van der Waals surface area contributed by atoms with Crippen molar-refractivity contribution < 1.29 is 17.6 Å². The van der Waals surface area contributed by atoms with Gasteiger partial charge >= 0.3 is 6.18 Å². The molecule has 124 valence electrons. The summed E-state index contributed by atoms with van der Waals surface area (Å²) in [7, 11) is 1.46. The minimum atomic E-state index is -4.71. The summed E-state index contributed by atoms with van der Waals surface area (Å²) in [6, 6.07) is 2.13. The van der Waals surface area contributed by atoms with E-state index < -0.39 is 28.9 Å². The largest absolute Gasteiger partial charge is 0.421 e. The maximum atomic E-state index is 14.3. The summed E-state index contributed by atoms with van der Waals surface area (Å²) in [4.78, 5) is 22.9. The SMILES string of the molecule is Cn1cnc2cc(-c3ncc(C(F)(F)F)c(N)n3)c(F)cc2c1=O. The molecule has 0 aliphatic carbocycles. The summed E-state index contributed by atoms with van der Waals surface area (Å²) >= 11 is 0. The van der Waals surface area contributed by atoms with Crippen LogP contribution in [-0.2, 0) is 13.2 Å². The first-order chi connectivity index (χ1) is 11.2. The van der Waals surface area contributed by atoms with Gasteiger partial charge in [0.05, 0.1) is 22.8 Å². The number of hydrogen-bond acceptors (Lipinski definition) is 5. The van der Waals surface area contributed by atoms with Crippen LogP contribution in [-0.4, -0.2) is 19.5 Å². The molecule has 3 aromatic rings. The Morgan fingerprint density at radius 3 is 2.54 bits per heavy atom. The number of rotatable bonds is 1. The molecule has 0 radical (unpaired) electrons. The van der Waals surface area contributed by atoms with Gasteiger partial charge in [0, 0.05) is 13.2 Å². The van der Waals surface area contributed by atoms with Gasteiger partial charge in [-0.05, 0) is 12.1 Å².